The summed E-state index contributed by atoms with van der Waals surface area (Å²) < 4.78 is 6.16. The van der Waals surface area contributed by atoms with Crippen molar-refractivity contribution in [3.8, 4) is 11.5 Å². The lowest BCUT2D eigenvalue weighted by molar-refractivity contribution is -0.136. The molecule has 10 heteroatoms. The number of aromatic hydroxyl groups is 1. The molecule has 4 aromatic carbocycles. The summed E-state index contributed by atoms with van der Waals surface area (Å²) in [5.41, 5.74) is 7.20. The Morgan fingerprint density at radius 2 is 1.50 bits per heavy atom. The third-order valence-electron chi connectivity index (χ3n) is 10.6. The van der Waals surface area contributed by atoms with Crippen molar-refractivity contribution in [2.45, 2.75) is 51.5 Å². The number of hydrogen-bond donors (Lipinski definition) is 2. The maximum absolute atomic E-state index is 13.3. The first-order chi connectivity index (χ1) is 26.3. The van der Waals surface area contributed by atoms with Gasteiger partial charge in [0.05, 0.1) is 17.7 Å². The second-order valence-corrected chi connectivity index (χ2v) is 14.1. The lowest BCUT2D eigenvalue weighted by atomic mass is 9.88. The van der Waals surface area contributed by atoms with E-state index in [0.29, 0.717) is 17.7 Å². The van der Waals surface area contributed by atoms with Gasteiger partial charge in [-0.2, -0.15) is 0 Å². The summed E-state index contributed by atoms with van der Waals surface area (Å²) in [5, 5.41) is 12.2. The number of nitrogens with one attached hydrogen (secondary N) is 1. The Hall–Kier alpha value is -5.74. The Morgan fingerprint density at radius 3 is 2.22 bits per heavy atom. The minimum absolute atomic E-state index is 0.0957. The highest BCUT2D eigenvalue weighted by atomic mass is 16.5. The van der Waals surface area contributed by atoms with Crippen LogP contribution in [0.1, 0.15) is 82.9 Å². The van der Waals surface area contributed by atoms with Gasteiger partial charge < -0.3 is 19.6 Å². The molecule has 2 fully saturated rings. The minimum atomic E-state index is -0.969. The van der Waals surface area contributed by atoms with Crippen LogP contribution in [-0.4, -0.2) is 83.9 Å². The van der Waals surface area contributed by atoms with Crippen LogP contribution < -0.4 is 15.0 Å². The van der Waals surface area contributed by atoms with Gasteiger partial charge in [0, 0.05) is 31.7 Å². The number of anilines is 1. The molecule has 4 amide bonds. The Bertz CT molecular complexity index is 2040. The number of carbonyl (C=O) groups excluding carboxylic acids is 4. The van der Waals surface area contributed by atoms with Crippen molar-refractivity contribution in [3.63, 3.8) is 0 Å². The monoisotopic (exact) mass is 726 g/mol. The summed E-state index contributed by atoms with van der Waals surface area (Å²) >= 11 is 0. The molecule has 0 saturated carbocycles. The largest absolute Gasteiger partial charge is 0.508 e. The van der Waals surface area contributed by atoms with Crippen LogP contribution in [0.3, 0.4) is 0 Å². The number of allylic oxidation sites excluding steroid dienone is 1. The normalized spacial score (nSPS) is 18.3. The molecule has 0 aromatic heterocycles. The maximum atomic E-state index is 13.3. The average Bonchev–Trinajstić information content (AvgIpc) is 3.31. The number of rotatable bonds is 12. The SMILES string of the molecule is CC/C(=C(\c1ccc(O)cc1)c1ccc(OCCCCN2CCCN(c3ccc4c(c3)C(=O)N(C3CCC(=O)NC3=O)C4=O)CC2)cc1)c1ccccc1. The first-order valence-corrected chi connectivity index (χ1v) is 18.9. The van der Waals surface area contributed by atoms with E-state index in [0.717, 1.165) is 91.4 Å². The zero-order chi connectivity index (χ0) is 37.6. The lowest BCUT2D eigenvalue weighted by Crippen LogP contribution is -2.54. The third kappa shape index (κ3) is 7.94. The predicted molar refractivity (Wildman–Crippen MR) is 208 cm³/mol. The van der Waals surface area contributed by atoms with Crippen molar-refractivity contribution in [2.75, 3.05) is 44.2 Å². The van der Waals surface area contributed by atoms with Crippen molar-refractivity contribution in [3.05, 3.63) is 125 Å². The number of phenols is 1. The van der Waals surface area contributed by atoms with Crippen LogP contribution in [0, 0.1) is 0 Å². The molecule has 1 atom stereocenters. The molecule has 0 spiro atoms. The molecule has 0 radical (unpaired) electrons. The topological polar surface area (TPSA) is 119 Å². The molecule has 54 heavy (non-hydrogen) atoms. The van der Waals surface area contributed by atoms with Gasteiger partial charge in [-0.05, 0) is 115 Å². The van der Waals surface area contributed by atoms with Gasteiger partial charge in [-0.1, -0.05) is 61.5 Å². The van der Waals surface area contributed by atoms with E-state index < -0.39 is 23.8 Å². The number of piperidine rings is 1. The number of unbranched alkanes of at least 4 members (excludes halogenated alkanes) is 1. The van der Waals surface area contributed by atoms with E-state index in [4.69, 9.17) is 4.74 Å². The van der Waals surface area contributed by atoms with Crippen molar-refractivity contribution in [1.29, 1.82) is 0 Å². The van der Waals surface area contributed by atoms with E-state index in [-0.39, 0.29) is 24.5 Å². The zero-order valence-corrected chi connectivity index (χ0v) is 30.6. The highest BCUT2D eigenvalue weighted by Gasteiger charge is 2.44. The van der Waals surface area contributed by atoms with Crippen LogP contribution in [0.4, 0.5) is 5.69 Å². The number of benzene rings is 4. The summed E-state index contributed by atoms with van der Waals surface area (Å²) in [7, 11) is 0. The van der Waals surface area contributed by atoms with E-state index in [1.165, 1.54) is 11.1 Å². The summed E-state index contributed by atoms with van der Waals surface area (Å²) in [5.74, 6) is -0.880. The van der Waals surface area contributed by atoms with Gasteiger partial charge in [-0.15, -0.1) is 0 Å². The Labute approximate surface area is 316 Å². The summed E-state index contributed by atoms with van der Waals surface area (Å²) in [4.78, 5) is 56.2. The molecule has 0 bridgehead atoms. The van der Waals surface area contributed by atoms with E-state index in [9.17, 15) is 24.3 Å². The van der Waals surface area contributed by atoms with Crippen LogP contribution in [0.2, 0.25) is 0 Å². The molecule has 2 saturated heterocycles. The number of carbonyl (C=O) groups is 4. The number of hydrogen-bond acceptors (Lipinski definition) is 8. The molecule has 4 aromatic rings. The highest BCUT2D eigenvalue weighted by molar-refractivity contribution is 6.23. The van der Waals surface area contributed by atoms with Crippen molar-refractivity contribution in [2.24, 2.45) is 0 Å². The van der Waals surface area contributed by atoms with Gasteiger partial charge in [0.2, 0.25) is 11.8 Å². The van der Waals surface area contributed by atoms with Crippen LogP contribution in [0.15, 0.2) is 97.1 Å². The molecule has 3 aliphatic heterocycles. The van der Waals surface area contributed by atoms with Crippen LogP contribution in [0.5, 0.6) is 11.5 Å². The number of fused-ring (bicyclic) bond motifs is 1. The zero-order valence-electron chi connectivity index (χ0n) is 30.6. The molecular weight excluding hydrogens is 681 g/mol. The van der Waals surface area contributed by atoms with Gasteiger partial charge in [0.15, 0.2) is 0 Å². The van der Waals surface area contributed by atoms with E-state index in [1.54, 1.807) is 24.3 Å². The molecule has 0 aliphatic carbocycles. The lowest BCUT2D eigenvalue weighted by Gasteiger charge is -2.27. The summed E-state index contributed by atoms with van der Waals surface area (Å²) in [6, 6.07) is 30.5. The Morgan fingerprint density at radius 1 is 0.778 bits per heavy atom. The van der Waals surface area contributed by atoms with Crippen LogP contribution in [0.25, 0.3) is 11.1 Å². The van der Waals surface area contributed by atoms with Crippen LogP contribution >= 0.6 is 0 Å². The molecule has 7 rings (SSSR count). The number of amides is 4. The number of nitrogens with zero attached hydrogens (tertiary/aromatic N) is 3. The Balaban J connectivity index is 0.904. The van der Waals surface area contributed by atoms with E-state index in [1.807, 2.05) is 36.4 Å². The third-order valence-corrected chi connectivity index (χ3v) is 10.6. The van der Waals surface area contributed by atoms with Crippen LogP contribution in [-0.2, 0) is 9.59 Å². The fourth-order valence-electron chi connectivity index (χ4n) is 7.76. The standard InChI is InChI=1S/C44H46N4O6/c1-2-36(30-9-4-3-5-10-30)41(31-11-16-34(49)17-12-31)32-13-18-35(19-14-32)54-28-7-6-23-46-24-8-25-47(27-26-46)33-15-20-37-38(29-33)44(53)48(43(37)52)39-21-22-40(50)45-42(39)51/h3-5,9-20,29,39,49H,2,6-8,21-28H2,1H3,(H,45,50,51)/b41-36-. The highest BCUT2D eigenvalue weighted by Crippen LogP contribution is 2.36. The fraction of sp³-hybridized carbons (Fsp3) is 0.318. The van der Waals surface area contributed by atoms with Gasteiger partial charge in [-0.3, -0.25) is 29.4 Å². The van der Waals surface area contributed by atoms with Gasteiger partial charge in [-0.25, -0.2) is 0 Å². The number of imide groups is 2. The van der Waals surface area contributed by atoms with Crippen molar-refractivity contribution in [1.82, 2.24) is 15.1 Å². The molecule has 3 heterocycles. The molecule has 2 N–H and O–H groups in total. The fourth-order valence-corrected chi connectivity index (χ4v) is 7.76. The first kappa shape index (κ1) is 36.6. The Kier molecular flexibility index (Phi) is 11.2. The second kappa shape index (κ2) is 16.5. The summed E-state index contributed by atoms with van der Waals surface area (Å²) in [6.45, 7) is 7.26. The number of ether oxygens (including phenoxy) is 1. The quantitative estimate of drug-likeness (QED) is 0.0961. The minimum Gasteiger partial charge on any atom is -0.508 e. The van der Waals surface area contributed by atoms with E-state index >= 15 is 0 Å². The van der Waals surface area contributed by atoms with Gasteiger partial charge >= 0.3 is 0 Å². The van der Waals surface area contributed by atoms with Crippen molar-refractivity contribution >= 4 is 40.5 Å². The van der Waals surface area contributed by atoms with E-state index in [2.05, 4.69) is 58.4 Å². The van der Waals surface area contributed by atoms with Crippen molar-refractivity contribution < 1.29 is 29.0 Å². The average molecular weight is 727 g/mol. The van der Waals surface area contributed by atoms with Gasteiger partial charge in [0.25, 0.3) is 11.8 Å². The molecule has 10 nitrogen and oxygen atoms in total. The van der Waals surface area contributed by atoms with Gasteiger partial charge in [0.1, 0.15) is 17.5 Å². The molecule has 1 unspecified atom stereocenters. The number of phenolic OH excluding ortho intramolecular Hbond substituents is 1. The molecular formula is C44H46N4O6. The smallest absolute Gasteiger partial charge is 0.262 e. The second-order valence-electron chi connectivity index (χ2n) is 14.1. The maximum Gasteiger partial charge on any atom is 0.262 e. The molecule has 278 valence electrons. The predicted octanol–water partition coefficient (Wildman–Crippen LogP) is 6.53. The first-order valence-electron chi connectivity index (χ1n) is 18.9. The summed E-state index contributed by atoms with van der Waals surface area (Å²) in [6.07, 6.45) is 4.00. The molecule has 3 aliphatic rings.